The van der Waals surface area contributed by atoms with E-state index in [0.717, 1.165) is 5.56 Å². The first kappa shape index (κ1) is 11.4. The van der Waals surface area contributed by atoms with Crippen LogP contribution in [0.3, 0.4) is 0 Å². The summed E-state index contributed by atoms with van der Waals surface area (Å²) in [5, 5.41) is 9.11. The van der Waals surface area contributed by atoms with Crippen LogP contribution in [0.15, 0.2) is 36.5 Å². The Kier molecular flexibility index (Phi) is 2.95. The second-order valence-electron chi connectivity index (χ2n) is 3.95. The summed E-state index contributed by atoms with van der Waals surface area (Å²) in [7, 11) is 0. The molecule has 0 saturated carbocycles. The van der Waals surface area contributed by atoms with Crippen molar-refractivity contribution in [1.82, 2.24) is 9.55 Å². The summed E-state index contributed by atoms with van der Waals surface area (Å²) >= 11 is 0. The van der Waals surface area contributed by atoms with Gasteiger partial charge < -0.3 is 9.67 Å². The van der Waals surface area contributed by atoms with Gasteiger partial charge in [0, 0.05) is 0 Å². The highest BCUT2D eigenvalue weighted by Crippen LogP contribution is 2.21. The monoisotopic (exact) mass is 230 g/mol. The van der Waals surface area contributed by atoms with Crippen molar-refractivity contribution in [3.63, 3.8) is 0 Å². The fourth-order valence-corrected chi connectivity index (χ4v) is 1.98. The third-order valence-electron chi connectivity index (χ3n) is 2.87. The number of aryl methyl sites for hydroxylation is 1. The molecule has 17 heavy (non-hydrogen) atoms. The number of imidazole rings is 1. The molecule has 88 valence electrons. The van der Waals surface area contributed by atoms with Gasteiger partial charge in [0.1, 0.15) is 11.5 Å². The minimum absolute atomic E-state index is 0.0372. The number of hydrogen-bond donors (Lipinski definition) is 1. The minimum atomic E-state index is -0.951. The van der Waals surface area contributed by atoms with E-state index in [2.05, 4.69) is 4.98 Å². The zero-order chi connectivity index (χ0) is 12.4. The number of nitrogens with zero attached hydrogens (tertiary/aromatic N) is 2. The molecule has 0 bridgehead atoms. The predicted molar refractivity (Wildman–Crippen MR) is 64.2 cm³/mol. The normalized spacial score (nSPS) is 12.4. The van der Waals surface area contributed by atoms with Gasteiger partial charge in [-0.2, -0.15) is 0 Å². The molecule has 1 heterocycles. The minimum Gasteiger partial charge on any atom is -0.477 e. The second kappa shape index (κ2) is 4.41. The van der Waals surface area contributed by atoms with Crippen LogP contribution in [0.25, 0.3) is 0 Å². The molecule has 0 amide bonds. The van der Waals surface area contributed by atoms with E-state index in [9.17, 15) is 4.79 Å². The molecule has 0 unspecified atom stereocenters. The van der Waals surface area contributed by atoms with Gasteiger partial charge in [0.05, 0.1) is 12.2 Å². The van der Waals surface area contributed by atoms with Crippen LogP contribution in [0.2, 0.25) is 0 Å². The molecule has 1 aromatic heterocycles. The summed E-state index contributed by atoms with van der Waals surface area (Å²) in [6, 6.07) is 9.75. The fraction of sp³-hybridized carbons (Fsp3) is 0.231. The standard InChI is InChI=1S/C13H14N2O2/c1-9(11-6-4-3-5-7-11)15-10(2)14-8-12(15)13(16)17/h3-9H,1-2H3,(H,16,17)/t9-/m1/s1. The quantitative estimate of drug-likeness (QED) is 0.881. The van der Waals surface area contributed by atoms with Gasteiger partial charge in [-0.15, -0.1) is 0 Å². The maximum atomic E-state index is 11.1. The molecular formula is C13H14N2O2. The molecular weight excluding hydrogens is 216 g/mol. The molecule has 2 rings (SSSR count). The molecule has 0 spiro atoms. The van der Waals surface area contributed by atoms with Gasteiger partial charge >= 0.3 is 5.97 Å². The van der Waals surface area contributed by atoms with Crippen LogP contribution in [0.5, 0.6) is 0 Å². The van der Waals surface area contributed by atoms with Crippen molar-refractivity contribution >= 4 is 5.97 Å². The highest BCUT2D eigenvalue weighted by Gasteiger charge is 2.18. The number of benzene rings is 1. The summed E-state index contributed by atoms with van der Waals surface area (Å²) in [6.07, 6.45) is 1.40. The average molecular weight is 230 g/mol. The van der Waals surface area contributed by atoms with E-state index in [1.54, 1.807) is 4.57 Å². The largest absolute Gasteiger partial charge is 0.477 e. The highest BCUT2D eigenvalue weighted by molar-refractivity contribution is 5.85. The molecule has 0 aliphatic rings. The Labute approximate surface area is 99.5 Å². The summed E-state index contributed by atoms with van der Waals surface area (Å²) in [4.78, 5) is 15.2. The number of hydrogen-bond acceptors (Lipinski definition) is 2. The van der Waals surface area contributed by atoms with Gasteiger partial charge in [-0.25, -0.2) is 9.78 Å². The lowest BCUT2D eigenvalue weighted by molar-refractivity contribution is 0.0683. The third-order valence-corrected chi connectivity index (χ3v) is 2.87. The third kappa shape index (κ3) is 2.06. The molecule has 4 heteroatoms. The first-order valence-corrected chi connectivity index (χ1v) is 5.43. The van der Waals surface area contributed by atoms with Crippen molar-refractivity contribution in [2.45, 2.75) is 19.9 Å². The van der Waals surface area contributed by atoms with Crippen LogP contribution in [0, 0.1) is 6.92 Å². The van der Waals surface area contributed by atoms with Crippen LogP contribution in [0.4, 0.5) is 0 Å². The molecule has 1 atom stereocenters. The van der Waals surface area contributed by atoms with Crippen LogP contribution in [-0.2, 0) is 0 Å². The van der Waals surface area contributed by atoms with E-state index in [4.69, 9.17) is 5.11 Å². The summed E-state index contributed by atoms with van der Waals surface area (Å²) in [6.45, 7) is 3.78. The second-order valence-corrected chi connectivity index (χ2v) is 3.95. The maximum Gasteiger partial charge on any atom is 0.354 e. The Balaban J connectivity index is 2.47. The number of carboxylic acid groups (broad SMARTS) is 1. The van der Waals surface area contributed by atoms with Gasteiger partial charge in [0.15, 0.2) is 0 Å². The molecule has 2 aromatic rings. The number of carboxylic acids is 1. The summed E-state index contributed by atoms with van der Waals surface area (Å²) in [5.74, 6) is -0.243. The van der Waals surface area contributed by atoms with Crippen LogP contribution in [0.1, 0.15) is 34.8 Å². The van der Waals surface area contributed by atoms with Crippen molar-refractivity contribution < 1.29 is 9.90 Å². The molecule has 0 aliphatic heterocycles. The average Bonchev–Trinajstić information content (AvgIpc) is 2.71. The number of carbonyl (C=O) groups is 1. The Hall–Kier alpha value is -2.10. The number of rotatable bonds is 3. The highest BCUT2D eigenvalue weighted by atomic mass is 16.4. The topological polar surface area (TPSA) is 55.1 Å². The van der Waals surface area contributed by atoms with Gasteiger partial charge in [-0.3, -0.25) is 0 Å². The summed E-state index contributed by atoms with van der Waals surface area (Å²) < 4.78 is 1.73. The van der Waals surface area contributed by atoms with Gasteiger partial charge in [-0.05, 0) is 19.4 Å². The number of aromatic nitrogens is 2. The molecule has 1 N–H and O–H groups in total. The Bertz CT molecular complexity index is 532. The van der Waals surface area contributed by atoms with E-state index in [1.165, 1.54) is 6.20 Å². The lowest BCUT2D eigenvalue weighted by atomic mass is 10.1. The van der Waals surface area contributed by atoms with Crippen molar-refractivity contribution in [2.75, 3.05) is 0 Å². The predicted octanol–water partition coefficient (Wildman–Crippen LogP) is 2.50. The van der Waals surface area contributed by atoms with Crippen molar-refractivity contribution in [3.05, 3.63) is 53.6 Å². The molecule has 0 saturated heterocycles. The van der Waals surface area contributed by atoms with E-state index in [0.29, 0.717) is 5.82 Å². The zero-order valence-corrected chi connectivity index (χ0v) is 9.79. The van der Waals surface area contributed by atoms with Crippen molar-refractivity contribution in [1.29, 1.82) is 0 Å². The lowest BCUT2D eigenvalue weighted by Crippen LogP contribution is -2.15. The van der Waals surface area contributed by atoms with Gasteiger partial charge in [0.2, 0.25) is 0 Å². The number of aromatic carboxylic acids is 1. The van der Waals surface area contributed by atoms with E-state index >= 15 is 0 Å². The summed E-state index contributed by atoms with van der Waals surface area (Å²) in [5.41, 5.74) is 1.29. The Morgan fingerprint density at radius 3 is 2.59 bits per heavy atom. The van der Waals surface area contributed by atoms with Gasteiger partial charge in [0.25, 0.3) is 0 Å². The first-order chi connectivity index (χ1) is 8.11. The Morgan fingerprint density at radius 1 is 1.35 bits per heavy atom. The zero-order valence-electron chi connectivity index (χ0n) is 9.79. The van der Waals surface area contributed by atoms with E-state index in [1.807, 2.05) is 44.2 Å². The smallest absolute Gasteiger partial charge is 0.354 e. The molecule has 1 aromatic carbocycles. The lowest BCUT2D eigenvalue weighted by Gasteiger charge is -2.17. The Morgan fingerprint density at radius 2 is 2.00 bits per heavy atom. The molecule has 0 fully saturated rings. The molecule has 0 radical (unpaired) electrons. The molecule has 0 aliphatic carbocycles. The fourth-order valence-electron chi connectivity index (χ4n) is 1.98. The van der Waals surface area contributed by atoms with Crippen LogP contribution in [-0.4, -0.2) is 20.6 Å². The van der Waals surface area contributed by atoms with Crippen molar-refractivity contribution in [3.8, 4) is 0 Å². The maximum absolute atomic E-state index is 11.1. The first-order valence-electron chi connectivity index (χ1n) is 5.43. The van der Waals surface area contributed by atoms with Crippen LogP contribution < -0.4 is 0 Å². The van der Waals surface area contributed by atoms with E-state index in [-0.39, 0.29) is 11.7 Å². The van der Waals surface area contributed by atoms with Crippen LogP contribution >= 0.6 is 0 Å². The molecule has 4 nitrogen and oxygen atoms in total. The van der Waals surface area contributed by atoms with E-state index < -0.39 is 5.97 Å². The SMILES string of the molecule is Cc1ncc(C(=O)O)n1[C@H](C)c1ccccc1. The van der Waals surface area contributed by atoms with Gasteiger partial charge in [-0.1, -0.05) is 30.3 Å². The van der Waals surface area contributed by atoms with Crippen molar-refractivity contribution in [2.24, 2.45) is 0 Å².